The van der Waals surface area contributed by atoms with Crippen molar-refractivity contribution in [3.63, 3.8) is 0 Å². The number of hydrogen-bond donors (Lipinski definition) is 1. The summed E-state index contributed by atoms with van der Waals surface area (Å²) in [6, 6.07) is 24.6. The molecule has 0 atom stereocenters. The van der Waals surface area contributed by atoms with Gasteiger partial charge >= 0.3 is 0 Å². The van der Waals surface area contributed by atoms with Crippen LogP contribution in [0.5, 0.6) is 5.75 Å². The van der Waals surface area contributed by atoms with E-state index in [1.807, 2.05) is 48.7 Å². The molecule has 0 saturated carbocycles. The lowest BCUT2D eigenvalue weighted by atomic mass is 10.1. The SMILES string of the molecule is COc1ccc(NS(=O)(=O)c2cc(N=Cc3cn(-c4ccccc4)nc3-c3cccnc3)ccc2Cl)cc1. The van der Waals surface area contributed by atoms with Gasteiger partial charge in [0.15, 0.2) is 0 Å². The minimum absolute atomic E-state index is 0.0814. The van der Waals surface area contributed by atoms with Crippen LogP contribution in [0.3, 0.4) is 0 Å². The van der Waals surface area contributed by atoms with Gasteiger partial charge in [0.2, 0.25) is 0 Å². The van der Waals surface area contributed by atoms with Crippen LogP contribution >= 0.6 is 11.6 Å². The number of ether oxygens (including phenoxy) is 1. The molecule has 5 aromatic rings. The molecule has 0 radical (unpaired) electrons. The Bertz CT molecular complexity index is 1690. The molecule has 8 nitrogen and oxygen atoms in total. The fourth-order valence-corrected chi connectivity index (χ4v) is 5.29. The molecule has 5 rings (SSSR count). The fraction of sp³-hybridized carbons (Fsp3) is 0.0357. The van der Waals surface area contributed by atoms with Crippen molar-refractivity contribution >= 4 is 39.2 Å². The highest BCUT2D eigenvalue weighted by molar-refractivity contribution is 7.92. The molecule has 0 bridgehead atoms. The summed E-state index contributed by atoms with van der Waals surface area (Å²) in [4.78, 5) is 8.67. The summed E-state index contributed by atoms with van der Waals surface area (Å²) < 4.78 is 35.6. The largest absolute Gasteiger partial charge is 0.497 e. The van der Waals surface area contributed by atoms with Crippen LogP contribution in [-0.4, -0.2) is 36.5 Å². The Balaban J connectivity index is 1.47. The molecule has 0 amide bonds. The number of pyridine rings is 1. The fourth-order valence-electron chi connectivity index (χ4n) is 3.71. The summed E-state index contributed by atoms with van der Waals surface area (Å²) in [5.41, 5.74) is 3.93. The van der Waals surface area contributed by atoms with Gasteiger partial charge in [-0.1, -0.05) is 29.8 Å². The van der Waals surface area contributed by atoms with Gasteiger partial charge in [0.25, 0.3) is 10.0 Å². The lowest BCUT2D eigenvalue weighted by molar-refractivity contribution is 0.415. The van der Waals surface area contributed by atoms with Gasteiger partial charge < -0.3 is 4.74 Å². The monoisotopic (exact) mass is 543 g/mol. The molecule has 10 heteroatoms. The maximum Gasteiger partial charge on any atom is 0.263 e. The molecule has 2 heterocycles. The average molecular weight is 544 g/mol. The molecule has 0 aliphatic carbocycles. The van der Waals surface area contributed by atoms with E-state index in [9.17, 15) is 8.42 Å². The van der Waals surface area contributed by atoms with Crippen LogP contribution < -0.4 is 9.46 Å². The molecule has 38 heavy (non-hydrogen) atoms. The molecule has 0 fully saturated rings. The maximum absolute atomic E-state index is 13.1. The van der Waals surface area contributed by atoms with Gasteiger partial charge in [-0.15, -0.1) is 0 Å². The molecular weight excluding hydrogens is 522 g/mol. The van der Waals surface area contributed by atoms with Crippen LogP contribution in [0.1, 0.15) is 5.56 Å². The molecule has 2 aromatic heterocycles. The Labute approximate surface area is 225 Å². The van der Waals surface area contributed by atoms with Crippen LogP contribution in [-0.2, 0) is 10.0 Å². The minimum Gasteiger partial charge on any atom is -0.497 e. The first-order chi connectivity index (χ1) is 18.4. The topological polar surface area (TPSA) is 98.5 Å². The molecule has 0 unspecified atom stereocenters. The molecule has 3 aromatic carbocycles. The van der Waals surface area contributed by atoms with Crippen LogP contribution in [0, 0.1) is 0 Å². The van der Waals surface area contributed by atoms with Crippen molar-refractivity contribution in [1.82, 2.24) is 14.8 Å². The highest BCUT2D eigenvalue weighted by atomic mass is 35.5. The average Bonchev–Trinajstić information content (AvgIpc) is 3.38. The van der Waals surface area contributed by atoms with E-state index < -0.39 is 10.0 Å². The van der Waals surface area contributed by atoms with Crippen molar-refractivity contribution in [2.75, 3.05) is 11.8 Å². The number of sulfonamides is 1. The minimum atomic E-state index is -3.97. The highest BCUT2D eigenvalue weighted by Gasteiger charge is 2.19. The van der Waals surface area contributed by atoms with Crippen LogP contribution in [0.2, 0.25) is 5.02 Å². The van der Waals surface area contributed by atoms with Crippen LogP contribution in [0.4, 0.5) is 11.4 Å². The Morgan fingerprint density at radius 1 is 1.00 bits per heavy atom. The molecule has 190 valence electrons. The Hall–Kier alpha value is -4.47. The predicted octanol–water partition coefficient (Wildman–Crippen LogP) is 6.15. The number of anilines is 1. The normalized spacial score (nSPS) is 11.5. The van der Waals surface area contributed by atoms with Gasteiger partial charge in [-0.2, -0.15) is 5.10 Å². The molecule has 0 spiro atoms. The van der Waals surface area contributed by atoms with E-state index in [0.717, 1.165) is 16.8 Å². The summed E-state index contributed by atoms with van der Waals surface area (Å²) in [5.74, 6) is 0.614. The zero-order chi connectivity index (χ0) is 26.5. The van der Waals surface area contributed by atoms with Crippen molar-refractivity contribution in [3.8, 4) is 22.7 Å². The first-order valence-corrected chi connectivity index (χ1v) is 13.3. The van der Waals surface area contributed by atoms with Crippen molar-refractivity contribution in [1.29, 1.82) is 0 Å². The molecule has 0 saturated heterocycles. The predicted molar refractivity (Wildman–Crippen MR) is 149 cm³/mol. The lowest BCUT2D eigenvalue weighted by Gasteiger charge is -2.10. The van der Waals surface area contributed by atoms with Crippen LogP contribution in [0.25, 0.3) is 16.9 Å². The van der Waals surface area contributed by atoms with Gasteiger partial charge in [-0.3, -0.25) is 14.7 Å². The third-order valence-electron chi connectivity index (χ3n) is 5.60. The Kier molecular flexibility index (Phi) is 7.21. The van der Waals surface area contributed by atoms with Crippen molar-refractivity contribution in [2.45, 2.75) is 4.90 Å². The smallest absolute Gasteiger partial charge is 0.263 e. The standard InChI is InChI=1S/C28H22ClN5O3S/c1-37-25-12-9-22(10-13-25)33-38(35,36)27-16-23(11-14-26(27)29)31-18-21-19-34(24-7-3-2-4-8-24)32-28(21)20-6-5-15-30-17-20/h2-19,33H,1H3. The second-order valence-electron chi connectivity index (χ2n) is 8.16. The van der Waals surface area contributed by atoms with Gasteiger partial charge in [0.1, 0.15) is 16.3 Å². The molecular formula is C28H22ClN5O3S. The summed E-state index contributed by atoms with van der Waals surface area (Å²) in [7, 11) is -2.43. The van der Waals surface area contributed by atoms with Gasteiger partial charge in [0.05, 0.1) is 23.5 Å². The first-order valence-electron chi connectivity index (χ1n) is 11.5. The number of benzene rings is 3. The van der Waals surface area contributed by atoms with Crippen LogP contribution in [0.15, 0.2) is 113 Å². The Morgan fingerprint density at radius 3 is 2.50 bits per heavy atom. The van der Waals surface area contributed by atoms with Gasteiger partial charge in [-0.05, 0) is 66.7 Å². The number of nitrogens with one attached hydrogen (secondary N) is 1. The van der Waals surface area contributed by atoms with E-state index in [1.165, 1.54) is 19.2 Å². The second-order valence-corrected chi connectivity index (χ2v) is 10.2. The van der Waals surface area contributed by atoms with E-state index in [1.54, 1.807) is 53.6 Å². The lowest BCUT2D eigenvalue weighted by Crippen LogP contribution is -2.13. The number of aromatic nitrogens is 3. The van der Waals surface area contributed by atoms with Crippen molar-refractivity contribution in [2.24, 2.45) is 4.99 Å². The molecule has 1 N–H and O–H groups in total. The first kappa shape index (κ1) is 25.2. The van der Waals surface area contributed by atoms with E-state index in [-0.39, 0.29) is 9.92 Å². The highest BCUT2D eigenvalue weighted by Crippen LogP contribution is 2.29. The summed E-state index contributed by atoms with van der Waals surface area (Å²) >= 11 is 6.28. The molecule has 0 aliphatic heterocycles. The number of methoxy groups -OCH3 is 1. The third-order valence-corrected chi connectivity index (χ3v) is 7.46. The zero-order valence-electron chi connectivity index (χ0n) is 20.2. The number of aliphatic imine (C=N–C) groups is 1. The van der Waals surface area contributed by atoms with E-state index in [4.69, 9.17) is 21.4 Å². The summed E-state index contributed by atoms with van der Waals surface area (Å²) in [5, 5.41) is 4.82. The number of para-hydroxylation sites is 1. The number of nitrogens with zero attached hydrogens (tertiary/aromatic N) is 4. The van der Waals surface area contributed by atoms with Gasteiger partial charge in [-0.25, -0.2) is 13.1 Å². The summed E-state index contributed by atoms with van der Waals surface area (Å²) in [6.45, 7) is 0. The maximum atomic E-state index is 13.1. The Morgan fingerprint density at radius 2 is 1.79 bits per heavy atom. The van der Waals surface area contributed by atoms with Crippen molar-refractivity contribution in [3.05, 3.63) is 114 Å². The summed E-state index contributed by atoms with van der Waals surface area (Å²) in [6.07, 6.45) is 6.93. The van der Waals surface area contributed by atoms with E-state index in [2.05, 4.69) is 14.7 Å². The number of hydrogen-bond acceptors (Lipinski definition) is 6. The number of halogens is 1. The second kappa shape index (κ2) is 10.9. The zero-order valence-corrected chi connectivity index (χ0v) is 21.8. The molecule has 0 aliphatic rings. The number of rotatable bonds is 8. The van der Waals surface area contributed by atoms with Crippen molar-refractivity contribution < 1.29 is 13.2 Å². The van der Waals surface area contributed by atoms with Gasteiger partial charge in [0, 0.05) is 41.6 Å². The quantitative estimate of drug-likeness (QED) is 0.237. The van der Waals surface area contributed by atoms with E-state index >= 15 is 0 Å². The van der Waals surface area contributed by atoms with E-state index in [0.29, 0.717) is 22.8 Å². The third kappa shape index (κ3) is 5.59.